The zero-order valence-corrected chi connectivity index (χ0v) is 17.0. The molecule has 0 unspecified atom stereocenters. The number of nitrogens with two attached hydrogens (primary N) is 1. The molecule has 3 aromatic rings. The van der Waals surface area contributed by atoms with Crippen LogP contribution >= 0.6 is 11.6 Å². The second kappa shape index (κ2) is 8.40. The predicted molar refractivity (Wildman–Crippen MR) is 114 cm³/mol. The summed E-state index contributed by atoms with van der Waals surface area (Å²) >= 11 is 6.05. The first-order chi connectivity index (χ1) is 14.4. The van der Waals surface area contributed by atoms with Crippen LogP contribution in [-0.4, -0.2) is 34.8 Å². The lowest BCUT2D eigenvalue weighted by atomic mass is 9.89. The number of amides is 2. The molecule has 7 heteroatoms. The molecule has 2 heterocycles. The van der Waals surface area contributed by atoms with E-state index in [2.05, 4.69) is 0 Å². The molecule has 1 aromatic heterocycles. The Morgan fingerprint density at radius 2 is 1.87 bits per heavy atom. The molecule has 1 aliphatic heterocycles. The smallest absolute Gasteiger partial charge is 0.250 e. The topological polar surface area (TPSA) is 76.3 Å². The molecule has 0 spiro atoms. The van der Waals surface area contributed by atoms with E-state index in [-0.39, 0.29) is 23.3 Å². The highest BCUT2D eigenvalue weighted by molar-refractivity contribution is 6.31. The van der Waals surface area contributed by atoms with Gasteiger partial charge in [-0.15, -0.1) is 0 Å². The van der Waals surface area contributed by atoms with Gasteiger partial charge in [-0.2, -0.15) is 0 Å². The molecule has 1 fully saturated rings. The van der Waals surface area contributed by atoms with Crippen molar-refractivity contribution >= 4 is 34.3 Å². The molecule has 0 aliphatic carbocycles. The van der Waals surface area contributed by atoms with E-state index in [1.54, 1.807) is 17.0 Å². The van der Waals surface area contributed by atoms with Gasteiger partial charge in [0, 0.05) is 29.4 Å². The van der Waals surface area contributed by atoms with Crippen LogP contribution in [0.4, 0.5) is 4.39 Å². The Kier molecular flexibility index (Phi) is 5.68. The number of likely N-dealkylation sites (tertiary alicyclic amines) is 1. The Bertz CT molecular complexity index is 1130. The van der Waals surface area contributed by atoms with Crippen LogP contribution < -0.4 is 5.73 Å². The highest BCUT2D eigenvalue weighted by Gasteiger charge is 2.28. The summed E-state index contributed by atoms with van der Waals surface area (Å²) in [6.45, 7) is 1.10. The first-order valence-electron chi connectivity index (χ1n) is 9.83. The number of piperidine rings is 1. The Labute approximate surface area is 178 Å². The molecule has 154 valence electrons. The van der Waals surface area contributed by atoms with Gasteiger partial charge in [0.25, 0.3) is 5.91 Å². The largest absolute Gasteiger partial charge is 0.366 e. The number of carbonyl (C=O) groups is 2. The van der Waals surface area contributed by atoms with E-state index in [1.807, 2.05) is 24.3 Å². The summed E-state index contributed by atoms with van der Waals surface area (Å²) in [6.07, 6.45) is 1.51. The number of nitrogens with zero attached hydrogens (tertiary/aromatic N) is 2. The highest BCUT2D eigenvalue weighted by Crippen LogP contribution is 2.31. The van der Waals surface area contributed by atoms with Gasteiger partial charge in [-0.1, -0.05) is 35.9 Å². The molecule has 1 saturated heterocycles. The fourth-order valence-corrected chi connectivity index (χ4v) is 4.22. The number of primary amides is 1. The minimum Gasteiger partial charge on any atom is -0.366 e. The molecule has 1 aliphatic rings. The second-order valence-electron chi connectivity index (χ2n) is 7.55. The Hall–Kier alpha value is -2.99. The van der Waals surface area contributed by atoms with Crippen molar-refractivity contribution in [3.05, 3.63) is 76.2 Å². The summed E-state index contributed by atoms with van der Waals surface area (Å²) in [4.78, 5) is 31.2. The third kappa shape index (κ3) is 4.14. The van der Waals surface area contributed by atoms with E-state index in [9.17, 15) is 14.0 Å². The molecule has 2 amide bonds. The van der Waals surface area contributed by atoms with Crippen molar-refractivity contribution in [1.82, 2.24) is 9.88 Å². The van der Waals surface area contributed by atoms with Gasteiger partial charge < -0.3 is 10.6 Å². The van der Waals surface area contributed by atoms with E-state index in [0.717, 1.165) is 10.9 Å². The van der Waals surface area contributed by atoms with Gasteiger partial charge in [0.1, 0.15) is 5.82 Å². The lowest BCUT2D eigenvalue weighted by molar-refractivity contribution is -0.131. The van der Waals surface area contributed by atoms with Crippen molar-refractivity contribution in [2.45, 2.75) is 25.2 Å². The summed E-state index contributed by atoms with van der Waals surface area (Å²) in [6, 6.07) is 13.5. The van der Waals surface area contributed by atoms with Crippen molar-refractivity contribution in [3.8, 4) is 0 Å². The Morgan fingerprint density at radius 1 is 1.13 bits per heavy atom. The van der Waals surface area contributed by atoms with Gasteiger partial charge in [0.15, 0.2) is 0 Å². The first-order valence-corrected chi connectivity index (χ1v) is 10.2. The monoisotopic (exact) mass is 425 g/mol. The van der Waals surface area contributed by atoms with Crippen LogP contribution in [-0.2, 0) is 11.2 Å². The molecule has 0 atom stereocenters. The minimum atomic E-state index is -0.493. The number of halogens is 2. The van der Waals surface area contributed by atoms with Gasteiger partial charge in [0.05, 0.1) is 23.2 Å². The van der Waals surface area contributed by atoms with Crippen molar-refractivity contribution < 1.29 is 14.0 Å². The summed E-state index contributed by atoms with van der Waals surface area (Å²) < 4.78 is 13.2. The maximum absolute atomic E-state index is 13.2. The standard InChI is InChI=1S/C23H21ClFN3O2/c24-19-13-17(25)6-5-15(19)12-21(29)28-9-7-14(8-10-28)22-18(23(26)30)11-16-3-1-2-4-20(16)27-22/h1-6,11,13-14H,7-10,12H2,(H2,26,30). The summed E-state index contributed by atoms with van der Waals surface area (Å²) in [5, 5.41) is 1.13. The molecule has 0 bridgehead atoms. The fraction of sp³-hybridized carbons (Fsp3) is 0.261. The Morgan fingerprint density at radius 3 is 2.57 bits per heavy atom. The number of aromatic nitrogens is 1. The van der Waals surface area contributed by atoms with Crippen molar-refractivity contribution in [3.63, 3.8) is 0 Å². The summed E-state index contributed by atoms with van der Waals surface area (Å²) in [5.41, 5.74) is 8.19. The number of rotatable bonds is 4. The third-order valence-electron chi connectivity index (χ3n) is 5.61. The third-order valence-corrected chi connectivity index (χ3v) is 5.96. The molecular weight excluding hydrogens is 405 g/mol. The van der Waals surface area contributed by atoms with E-state index in [1.165, 1.54) is 12.1 Å². The molecule has 2 N–H and O–H groups in total. The van der Waals surface area contributed by atoms with Crippen LogP contribution in [0, 0.1) is 5.82 Å². The van der Waals surface area contributed by atoms with Crippen molar-refractivity contribution in [2.75, 3.05) is 13.1 Å². The van der Waals surface area contributed by atoms with Gasteiger partial charge in [0.2, 0.25) is 5.91 Å². The zero-order chi connectivity index (χ0) is 21.3. The van der Waals surface area contributed by atoms with Gasteiger partial charge in [-0.25, -0.2) is 4.39 Å². The number of benzene rings is 2. The minimum absolute atomic E-state index is 0.0514. The SMILES string of the molecule is NC(=O)c1cc2ccccc2nc1C1CCN(C(=O)Cc2ccc(F)cc2Cl)CC1. The number of carbonyl (C=O) groups excluding carboxylic acids is 2. The summed E-state index contributed by atoms with van der Waals surface area (Å²) in [7, 11) is 0. The van der Waals surface area contributed by atoms with E-state index in [4.69, 9.17) is 22.3 Å². The van der Waals surface area contributed by atoms with E-state index >= 15 is 0 Å². The zero-order valence-electron chi connectivity index (χ0n) is 16.3. The fourth-order valence-electron chi connectivity index (χ4n) is 3.98. The van der Waals surface area contributed by atoms with Crippen LogP contribution in [0.25, 0.3) is 10.9 Å². The molecule has 4 rings (SSSR count). The molecule has 2 aromatic carbocycles. The Balaban J connectivity index is 1.48. The molecular formula is C23H21ClFN3O2. The van der Waals surface area contributed by atoms with Crippen LogP contribution in [0.1, 0.15) is 40.4 Å². The maximum Gasteiger partial charge on any atom is 0.250 e. The second-order valence-corrected chi connectivity index (χ2v) is 7.95. The van der Waals surface area contributed by atoms with Crippen LogP contribution in [0.5, 0.6) is 0 Å². The lowest BCUT2D eigenvalue weighted by Crippen LogP contribution is -2.39. The number of fused-ring (bicyclic) bond motifs is 1. The van der Waals surface area contributed by atoms with Crippen LogP contribution in [0.2, 0.25) is 5.02 Å². The number of hydrogen-bond donors (Lipinski definition) is 1. The molecule has 0 radical (unpaired) electrons. The van der Waals surface area contributed by atoms with Gasteiger partial charge in [-0.3, -0.25) is 14.6 Å². The average Bonchev–Trinajstić information content (AvgIpc) is 2.74. The molecule has 30 heavy (non-hydrogen) atoms. The lowest BCUT2D eigenvalue weighted by Gasteiger charge is -2.32. The van der Waals surface area contributed by atoms with Crippen molar-refractivity contribution in [1.29, 1.82) is 0 Å². The van der Waals surface area contributed by atoms with Crippen molar-refractivity contribution in [2.24, 2.45) is 5.73 Å². The molecule has 5 nitrogen and oxygen atoms in total. The van der Waals surface area contributed by atoms with Gasteiger partial charge in [-0.05, 0) is 42.7 Å². The van der Waals surface area contributed by atoms with E-state index < -0.39 is 11.7 Å². The van der Waals surface area contributed by atoms with Crippen LogP contribution in [0.3, 0.4) is 0 Å². The van der Waals surface area contributed by atoms with E-state index in [0.29, 0.717) is 42.8 Å². The predicted octanol–water partition coefficient (Wildman–Crippen LogP) is 4.07. The summed E-state index contributed by atoms with van der Waals surface area (Å²) in [5.74, 6) is -0.919. The maximum atomic E-state index is 13.2. The number of pyridine rings is 1. The first kappa shape index (κ1) is 20.3. The highest BCUT2D eigenvalue weighted by atomic mass is 35.5. The average molecular weight is 426 g/mol. The quantitative estimate of drug-likeness (QED) is 0.684. The number of para-hydroxylation sites is 1. The normalized spacial score (nSPS) is 14.8. The number of hydrogen-bond acceptors (Lipinski definition) is 3. The van der Waals surface area contributed by atoms with Crippen LogP contribution in [0.15, 0.2) is 48.5 Å². The molecule has 0 saturated carbocycles. The van der Waals surface area contributed by atoms with Gasteiger partial charge >= 0.3 is 0 Å².